The predicted octanol–water partition coefficient (Wildman–Crippen LogP) is 3.73. The van der Waals surface area contributed by atoms with Gasteiger partial charge in [-0.3, -0.25) is 4.79 Å². The quantitative estimate of drug-likeness (QED) is 0.651. The third-order valence-electron chi connectivity index (χ3n) is 6.23. The van der Waals surface area contributed by atoms with Crippen molar-refractivity contribution in [3.63, 3.8) is 0 Å². The fourth-order valence-electron chi connectivity index (χ4n) is 4.12. The molecule has 0 spiro atoms. The molecule has 3 unspecified atom stereocenters. The topological polar surface area (TPSA) is 102 Å². The number of anilines is 1. The van der Waals surface area contributed by atoms with Gasteiger partial charge in [0.1, 0.15) is 17.5 Å². The number of benzene rings is 1. The second-order valence-corrected chi connectivity index (χ2v) is 8.15. The average molecular weight is 445 g/mol. The van der Waals surface area contributed by atoms with Crippen molar-refractivity contribution in [3.05, 3.63) is 24.0 Å². The lowest BCUT2D eigenvalue weighted by Crippen LogP contribution is -2.74. The van der Waals surface area contributed by atoms with Gasteiger partial charge in [-0.2, -0.15) is 0 Å². The van der Waals surface area contributed by atoms with E-state index in [1.807, 2.05) is 39.0 Å². The van der Waals surface area contributed by atoms with Crippen molar-refractivity contribution in [2.45, 2.75) is 57.8 Å². The molecule has 3 atom stereocenters. The summed E-state index contributed by atoms with van der Waals surface area (Å²) in [7, 11) is 0. The van der Waals surface area contributed by atoms with Gasteiger partial charge in [-0.25, -0.2) is 4.98 Å². The monoisotopic (exact) mass is 444 g/mol. The first-order chi connectivity index (χ1) is 12.8. The molecule has 1 aromatic heterocycles. The maximum absolute atomic E-state index is 12.9. The summed E-state index contributed by atoms with van der Waals surface area (Å²) >= 11 is 0. The molecule has 4 N–H and O–H groups in total. The number of amides is 1. The molecule has 4 rings (SSSR count). The number of halogens is 2. The molecule has 1 aliphatic carbocycles. The summed E-state index contributed by atoms with van der Waals surface area (Å²) in [6.07, 6.45) is 2.60. The zero-order chi connectivity index (χ0) is 19.2. The number of nitrogens with one attached hydrogen (secondary N) is 2. The van der Waals surface area contributed by atoms with E-state index in [1.54, 1.807) is 0 Å². The minimum Gasteiger partial charge on any atom is -0.378 e. The van der Waals surface area contributed by atoms with Crippen molar-refractivity contribution >= 4 is 47.4 Å². The van der Waals surface area contributed by atoms with Crippen LogP contribution in [-0.4, -0.2) is 40.7 Å². The van der Waals surface area contributed by atoms with Crippen LogP contribution in [-0.2, 0) is 14.3 Å². The van der Waals surface area contributed by atoms with Gasteiger partial charge in [0.2, 0.25) is 5.91 Å². The van der Waals surface area contributed by atoms with Crippen LogP contribution in [0.3, 0.4) is 0 Å². The lowest BCUT2D eigenvalue weighted by Gasteiger charge is -2.57. The third kappa shape index (κ3) is 3.99. The molecule has 162 valence electrons. The molecule has 29 heavy (non-hydrogen) atoms. The van der Waals surface area contributed by atoms with Gasteiger partial charge in [-0.05, 0) is 38.0 Å². The Kier molecular flexibility index (Phi) is 7.23. The molecule has 1 amide bonds. The summed E-state index contributed by atoms with van der Waals surface area (Å²) < 4.78 is 11.4. The Morgan fingerprint density at radius 2 is 2.17 bits per heavy atom. The largest absolute Gasteiger partial charge is 0.378 e. The molecule has 1 aromatic carbocycles. The molecule has 9 heteroatoms. The number of aromatic nitrogens is 2. The fraction of sp³-hybridized carbons (Fsp3) is 0.600. The number of H-pyrrole nitrogens is 1. The summed E-state index contributed by atoms with van der Waals surface area (Å²) in [5.74, 6) is 0.669. The van der Waals surface area contributed by atoms with Gasteiger partial charge in [-0.1, -0.05) is 13.8 Å². The van der Waals surface area contributed by atoms with Crippen molar-refractivity contribution in [2.24, 2.45) is 11.1 Å². The normalized spacial score (nSPS) is 27.6. The van der Waals surface area contributed by atoms with Crippen LogP contribution in [0, 0.1) is 5.41 Å². The Morgan fingerprint density at radius 3 is 2.79 bits per heavy atom. The first-order valence-electron chi connectivity index (χ1n) is 9.68. The number of rotatable bonds is 5. The van der Waals surface area contributed by atoms with E-state index in [0.717, 1.165) is 36.3 Å². The molecular weight excluding hydrogens is 415 g/mol. The highest BCUT2D eigenvalue weighted by atomic mass is 35.5. The maximum Gasteiger partial charge on any atom is 0.245 e. The van der Waals surface area contributed by atoms with Crippen LogP contribution < -0.4 is 11.1 Å². The molecule has 1 saturated carbocycles. The third-order valence-corrected chi connectivity index (χ3v) is 6.23. The number of carbonyl (C=O) groups excluding carboxylic acids is 1. The lowest BCUT2D eigenvalue weighted by atomic mass is 9.54. The Hall–Kier alpha value is -1.38. The molecule has 0 radical (unpaired) electrons. The molecule has 2 aliphatic rings. The number of imidazole rings is 1. The van der Waals surface area contributed by atoms with Crippen LogP contribution >= 0.6 is 24.8 Å². The van der Waals surface area contributed by atoms with Crippen molar-refractivity contribution < 1.29 is 14.3 Å². The van der Waals surface area contributed by atoms with E-state index in [4.69, 9.17) is 15.2 Å². The Morgan fingerprint density at radius 1 is 1.41 bits per heavy atom. The second kappa shape index (κ2) is 8.78. The van der Waals surface area contributed by atoms with Gasteiger partial charge in [0.05, 0.1) is 17.1 Å². The van der Waals surface area contributed by atoms with Crippen molar-refractivity contribution in [1.29, 1.82) is 0 Å². The molecule has 1 saturated heterocycles. The molecule has 2 aromatic rings. The fourth-order valence-corrected chi connectivity index (χ4v) is 4.12. The van der Waals surface area contributed by atoms with Crippen LogP contribution in [0.2, 0.25) is 0 Å². The van der Waals surface area contributed by atoms with E-state index >= 15 is 0 Å². The molecule has 7 nitrogen and oxygen atoms in total. The van der Waals surface area contributed by atoms with E-state index in [1.165, 1.54) is 0 Å². The Labute approximate surface area is 183 Å². The van der Waals surface area contributed by atoms with E-state index < -0.39 is 11.0 Å². The standard InChI is InChI=1S/C20H28N4O3.2ClH/c1-4-26-16-11-20(21,19(16,2)3)18(25)22-12-7-8-13-14(10-12)24-17(23-13)15-6-5-9-27-15;;/h7-8,10,15-16H,4-6,9,11,21H2,1-3H3,(H,22,25)(H,23,24);2*1H. The molecule has 2 heterocycles. The molecular formula is C20H30Cl2N4O3. The van der Waals surface area contributed by atoms with Crippen LogP contribution in [0.5, 0.6) is 0 Å². The first kappa shape index (κ1) is 23.9. The van der Waals surface area contributed by atoms with Gasteiger partial charge in [0.15, 0.2) is 0 Å². The number of nitrogens with zero attached hydrogens (tertiary/aromatic N) is 1. The molecule has 1 aliphatic heterocycles. The van der Waals surface area contributed by atoms with Gasteiger partial charge in [0, 0.05) is 30.7 Å². The van der Waals surface area contributed by atoms with Crippen LogP contribution in [0.4, 0.5) is 5.69 Å². The highest BCUT2D eigenvalue weighted by Crippen LogP contribution is 2.50. The van der Waals surface area contributed by atoms with Crippen molar-refractivity contribution in [3.8, 4) is 0 Å². The van der Waals surface area contributed by atoms with Gasteiger partial charge >= 0.3 is 0 Å². The van der Waals surface area contributed by atoms with E-state index in [2.05, 4.69) is 15.3 Å². The van der Waals surface area contributed by atoms with Crippen LogP contribution in [0.1, 0.15) is 52.0 Å². The number of ether oxygens (including phenoxy) is 2. The van der Waals surface area contributed by atoms with E-state index in [9.17, 15) is 4.79 Å². The van der Waals surface area contributed by atoms with Gasteiger partial charge in [-0.15, -0.1) is 24.8 Å². The number of aromatic amines is 1. The highest BCUT2D eigenvalue weighted by Gasteiger charge is 2.62. The number of hydrogen-bond acceptors (Lipinski definition) is 5. The number of fused-ring (bicyclic) bond motifs is 1. The molecule has 0 bridgehead atoms. The average Bonchev–Trinajstić information content (AvgIpc) is 3.30. The maximum atomic E-state index is 12.9. The Balaban J connectivity index is 0.00000150. The first-order valence-corrected chi connectivity index (χ1v) is 9.68. The smallest absolute Gasteiger partial charge is 0.245 e. The zero-order valence-electron chi connectivity index (χ0n) is 17.0. The SMILES string of the molecule is CCOC1CC(N)(C(=O)Nc2ccc3nc(C4CCCO4)[nH]c3c2)C1(C)C.Cl.Cl. The Bertz CT molecular complexity index is 867. The van der Waals surface area contributed by atoms with Gasteiger partial charge < -0.3 is 25.5 Å². The minimum atomic E-state index is -0.946. The second-order valence-electron chi connectivity index (χ2n) is 8.15. The molecule has 2 fully saturated rings. The summed E-state index contributed by atoms with van der Waals surface area (Å²) in [5, 5.41) is 2.98. The summed E-state index contributed by atoms with van der Waals surface area (Å²) in [4.78, 5) is 20.8. The van der Waals surface area contributed by atoms with E-state index in [0.29, 0.717) is 18.7 Å². The van der Waals surface area contributed by atoms with Crippen LogP contribution in [0.25, 0.3) is 11.0 Å². The predicted molar refractivity (Wildman–Crippen MR) is 118 cm³/mol. The van der Waals surface area contributed by atoms with Crippen LogP contribution in [0.15, 0.2) is 18.2 Å². The number of carbonyl (C=O) groups is 1. The van der Waals surface area contributed by atoms with Gasteiger partial charge in [0.25, 0.3) is 0 Å². The summed E-state index contributed by atoms with van der Waals surface area (Å²) in [6, 6.07) is 5.65. The lowest BCUT2D eigenvalue weighted by molar-refractivity contribution is -0.166. The van der Waals surface area contributed by atoms with Crippen molar-refractivity contribution in [2.75, 3.05) is 18.5 Å². The van der Waals surface area contributed by atoms with Crippen molar-refractivity contribution in [1.82, 2.24) is 9.97 Å². The number of nitrogens with two attached hydrogens (primary N) is 1. The summed E-state index contributed by atoms with van der Waals surface area (Å²) in [5.41, 5.74) is 7.54. The van der Waals surface area contributed by atoms with E-state index in [-0.39, 0.29) is 42.9 Å². The number of hydrogen-bond donors (Lipinski definition) is 3. The zero-order valence-corrected chi connectivity index (χ0v) is 18.6. The minimum absolute atomic E-state index is 0. The highest BCUT2D eigenvalue weighted by molar-refractivity contribution is 6.00. The summed E-state index contributed by atoms with van der Waals surface area (Å²) in [6.45, 7) is 7.33.